The lowest BCUT2D eigenvalue weighted by Crippen LogP contribution is -2.13. The van der Waals surface area contributed by atoms with Gasteiger partial charge in [0.25, 0.3) is 5.91 Å². The third kappa shape index (κ3) is 5.93. The molecule has 0 aliphatic carbocycles. The minimum absolute atomic E-state index is 0.0541. The van der Waals surface area contributed by atoms with Gasteiger partial charge in [0.1, 0.15) is 24.7 Å². The molecule has 0 radical (unpaired) electrons. The van der Waals surface area contributed by atoms with Crippen molar-refractivity contribution in [1.29, 1.82) is 0 Å². The third-order valence-corrected chi connectivity index (χ3v) is 4.69. The number of rotatable bonds is 8. The number of Topliss-reactive ketones (excluding diaryl/α,β-unsaturated/α-hetero) is 1. The zero-order valence-electron chi connectivity index (χ0n) is 15.9. The first-order valence-electron chi connectivity index (χ1n) is 9.05. The fourth-order valence-corrected chi connectivity index (χ4v) is 3.10. The topological polar surface area (TPSA) is 64.6 Å². The molecule has 148 valence electrons. The Morgan fingerprint density at radius 3 is 2.34 bits per heavy atom. The van der Waals surface area contributed by atoms with Crippen molar-refractivity contribution < 1.29 is 19.1 Å². The maximum absolute atomic E-state index is 12.5. The van der Waals surface area contributed by atoms with E-state index in [2.05, 4.69) is 21.2 Å². The van der Waals surface area contributed by atoms with E-state index in [9.17, 15) is 9.59 Å². The first kappa shape index (κ1) is 20.6. The molecule has 0 aliphatic heterocycles. The maximum atomic E-state index is 12.5. The van der Waals surface area contributed by atoms with Crippen LogP contribution in [0.4, 0.5) is 5.69 Å². The quantitative estimate of drug-likeness (QED) is 0.368. The zero-order valence-corrected chi connectivity index (χ0v) is 17.4. The standard InChI is InChI=1S/C23H20BrNO4/c1-16(26)17-6-5-7-19(14-17)25-23(27)18-10-11-22(21(24)15-18)29-13-12-28-20-8-3-2-4-9-20/h2-11,14-15H,12-13H2,1H3,(H,25,27). The van der Waals surface area contributed by atoms with Crippen molar-refractivity contribution in [3.8, 4) is 11.5 Å². The number of para-hydroxylation sites is 1. The van der Waals surface area contributed by atoms with Crippen LogP contribution in [0.25, 0.3) is 0 Å². The Hall–Kier alpha value is -3.12. The van der Waals surface area contributed by atoms with Gasteiger partial charge in [0.2, 0.25) is 0 Å². The van der Waals surface area contributed by atoms with Crippen LogP contribution in [-0.4, -0.2) is 24.9 Å². The molecule has 29 heavy (non-hydrogen) atoms. The molecule has 0 unspecified atom stereocenters. The van der Waals surface area contributed by atoms with Gasteiger partial charge in [-0.05, 0) is 65.3 Å². The second kappa shape index (κ2) is 9.89. The Morgan fingerprint density at radius 1 is 0.862 bits per heavy atom. The van der Waals surface area contributed by atoms with E-state index in [4.69, 9.17) is 9.47 Å². The molecule has 3 rings (SSSR count). The SMILES string of the molecule is CC(=O)c1cccc(NC(=O)c2ccc(OCCOc3ccccc3)c(Br)c2)c1. The minimum atomic E-state index is -0.273. The van der Waals surface area contributed by atoms with E-state index in [-0.39, 0.29) is 11.7 Å². The van der Waals surface area contributed by atoms with Crippen molar-refractivity contribution in [2.75, 3.05) is 18.5 Å². The number of ether oxygens (including phenoxy) is 2. The average Bonchev–Trinajstić information content (AvgIpc) is 2.73. The average molecular weight is 454 g/mol. The Morgan fingerprint density at radius 2 is 1.62 bits per heavy atom. The van der Waals surface area contributed by atoms with Crippen molar-refractivity contribution in [1.82, 2.24) is 0 Å². The molecule has 0 fully saturated rings. The summed E-state index contributed by atoms with van der Waals surface area (Å²) in [7, 11) is 0. The van der Waals surface area contributed by atoms with Gasteiger partial charge in [-0.15, -0.1) is 0 Å². The summed E-state index contributed by atoms with van der Waals surface area (Å²) in [5, 5.41) is 2.80. The van der Waals surface area contributed by atoms with E-state index in [0.717, 1.165) is 5.75 Å². The predicted molar refractivity (Wildman–Crippen MR) is 116 cm³/mol. The maximum Gasteiger partial charge on any atom is 0.255 e. The molecular weight excluding hydrogens is 434 g/mol. The van der Waals surface area contributed by atoms with Crippen molar-refractivity contribution in [2.24, 2.45) is 0 Å². The fourth-order valence-electron chi connectivity index (χ4n) is 2.61. The van der Waals surface area contributed by atoms with Gasteiger partial charge < -0.3 is 14.8 Å². The summed E-state index contributed by atoms with van der Waals surface area (Å²) in [5.41, 5.74) is 1.58. The summed E-state index contributed by atoms with van der Waals surface area (Å²) in [6, 6.07) is 21.5. The molecular formula is C23H20BrNO4. The van der Waals surface area contributed by atoms with Crippen molar-refractivity contribution >= 4 is 33.3 Å². The minimum Gasteiger partial charge on any atom is -0.490 e. The highest BCUT2D eigenvalue weighted by molar-refractivity contribution is 9.10. The summed E-state index contributed by atoms with van der Waals surface area (Å²) >= 11 is 3.44. The molecule has 0 heterocycles. The lowest BCUT2D eigenvalue weighted by atomic mass is 10.1. The van der Waals surface area contributed by atoms with E-state index in [1.807, 2.05) is 30.3 Å². The number of benzene rings is 3. The number of hydrogen-bond acceptors (Lipinski definition) is 4. The van der Waals surface area contributed by atoms with Crippen LogP contribution in [0.15, 0.2) is 77.3 Å². The fraction of sp³-hybridized carbons (Fsp3) is 0.130. The molecule has 6 heteroatoms. The van der Waals surface area contributed by atoms with Gasteiger partial charge in [-0.1, -0.05) is 30.3 Å². The summed E-state index contributed by atoms with van der Waals surface area (Å²) in [6.45, 7) is 2.27. The van der Waals surface area contributed by atoms with Gasteiger partial charge in [0, 0.05) is 16.8 Å². The molecule has 5 nitrogen and oxygen atoms in total. The van der Waals surface area contributed by atoms with Gasteiger partial charge in [0.15, 0.2) is 5.78 Å². The van der Waals surface area contributed by atoms with Crippen molar-refractivity contribution in [2.45, 2.75) is 6.92 Å². The van der Waals surface area contributed by atoms with Gasteiger partial charge in [0.05, 0.1) is 4.47 Å². The number of ketones is 1. The van der Waals surface area contributed by atoms with Gasteiger partial charge >= 0.3 is 0 Å². The molecule has 0 saturated carbocycles. The van der Waals surface area contributed by atoms with Crippen LogP contribution >= 0.6 is 15.9 Å². The summed E-state index contributed by atoms with van der Waals surface area (Å²) < 4.78 is 12.0. The Kier molecular flexibility index (Phi) is 7.03. The molecule has 0 saturated heterocycles. The number of anilines is 1. The van der Waals surface area contributed by atoms with Gasteiger partial charge in [-0.3, -0.25) is 9.59 Å². The van der Waals surface area contributed by atoms with E-state index in [0.29, 0.717) is 40.3 Å². The predicted octanol–water partition coefficient (Wildman–Crippen LogP) is 5.36. The van der Waals surface area contributed by atoms with E-state index in [1.165, 1.54) is 6.92 Å². The van der Waals surface area contributed by atoms with E-state index >= 15 is 0 Å². The second-order valence-electron chi connectivity index (χ2n) is 6.25. The molecule has 1 amide bonds. The number of carbonyl (C=O) groups excluding carboxylic acids is 2. The Balaban J connectivity index is 1.56. The zero-order chi connectivity index (χ0) is 20.6. The largest absolute Gasteiger partial charge is 0.490 e. The van der Waals surface area contributed by atoms with Crippen molar-refractivity contribution in [3.63, 3.8) is 0 Å². The van der Waals surface area contributed by atoms with Gasteiger partial charge in [-0.25, -0.2) is 0 Å². The van der Waals surface area contributed by atoms with Crippen LogP contribution in [0, 0.1) is 0 Å². The van der Waals surface area contributed by atoms with Crippen LogP contribution in [0.2, 0.25) is 0 Å². The normalized spacial score (nSPS) is 10.3. The summed E-state index contributed by atoms with van der Waals surface area (Å²) in [4.78, 5) is 24.0. The van der Waals surface area contributed by atoms with Crippen LogP contribution < -0.4 is 14.8 Å². The number of halogens is 1. The van der Waals surface area contributed by atoms with Crippen LogP contribution in [-0.2, 0) is 0 Å². The number of hydrogen-bond donors (Lipinski definition) is 1. The molecule has 3 aromatic rings. The molecule has 1 N–H and O–H groups in total. The van der Waals surface area contributed by atoms with Crippen LogP contribution in [0.5, 0.6) is 11.5 Å². The second-order valence-corrected chi connectivity index (χ2v) is 7.10. The van der Waals surface area contributed by atoms with Crippen LogP contribution in [0.3, 0.4) is 0 Å². The first-order chi connectivity index (χ1) is 14.0. The molecule has 0 spiro atoms. The highest BCUT2D eigenvalue weighted by atomic mass is 79.9. The summed E-state index contributed by atoms with van der Waals surface area (Å²) in [6.07, 6.45) is 0. The highest BCUT2D eigenvalue weighted by Gasteiger charge is 2.11. The smallest absolute Gasteiger partial charge is 0.255 e. The number of amides is 1. The Bertz CT molecular complexity index is 1000. The summed E-state index contributed by atoms with van der Waals surface area (Å²) in [5.74, 6) is 1.08. The monoisotopic (exact) mass is 453 g/mol. The van der Waals surface area contributed by atoms with Crippen LogP contribution in [0.1, 0.15) is 27.6 Å². The molecule has 0 aliphatic rings. The number of carbonyl (C=O) groups is 2. The Labute approximate surface area is 177 Å². The molecule has 0 bridgehead atoms. The van der Waals surface area contributed by atoms with Crippen molar-refractivity contribution in [3.05, 3.63) is 88.4 Å². The first-order valence-corrected chi connectivity index (χ1v) is 9.85. The third-order valence-electron chi connectivity index (χ3n) is 4.07. The number of nitrogens with one attached hydrogen (secondary N) is 1. The van der Waals surface area contributed by atoms with Gasteiger partial charge in [-0.2, -0.15) is 0 Å². The van der Waals surface area contributed by atoms with E-state index < -0.39 is 0 Å². The molecule has 0 atom stereocenters. The highest BCUT2D eigenvalue weighted by Crippen LogP contribution is 2.26. The molecule has 0 aromatic heterocycles. The lowest BCUT2D eigenvalue weighted by Gasteiger charge is -2.11. The van der Waals surface area contributed by atoms with E-state index in [1.54, 1.807) is 42.5 Å². The molecule has 3 aromatic carbocycles. The lowest BCUT2D eigenvalue weighted by molar-refractivity contribution is 0.101.